The quantitative estimate of drug-likeness (QED) is 0.401. The van der Waals surface area contributed by atoms with Crippen molar-refractivity contribution < 1.29 is 39.8 Å². The molecule has 0 aromatic carbocycles. The maximum Gasteiger partial charge on any atom is 0.187 e. The number of ketones is 1. The number of aliphatic hydroxyl groups is 5. The van der Waals surface area contributed by atoms with Crippen LogP contribution in [-0.2, 0) is 14.3 Å². The molecule has 1 aliphatic heterocycles. The van der Waals surface area contributed by atoms with E-state index in [-0.39, 0.29) is 12.2 Å². The van der Waals surface area contributed by atoms with Gasteiger partial charge in [0, 0.05) is 6.42 Å². The van der Waals surface area contributed by atoms with E-state index < -0.39 is 54.4 Å². The fraction of sp³-hybridized carbons (Fsp3) is 0.750. The van der Waals surface area contributed by atoms with Crippen molar-refractivity contribution in [1.29, 1.82) is 0 Å². The lowest BCUT2D eigenvalue weighted by Gasteiger charge is -2.50. The van der Waals surface area contributed by atoms with Gasteiger partial charge in [-0.2, -0.15) is 0 Å². The molecule has 0 bridgehead atoms. The summed E-state index contributed by atoms with van der Waals surface area (Å²) in [5, 5.41) is 50.0. The first-order valence-electron chi connectivity index (χ1n) is 9.47. The lowest BCUT2D eigenvalue weighted by molar-refractivity contribution is -0.325. The summed E-state index contributed by atoms with van der Waals surface area (Å²) in [5.41, 5.74) is -0.753. The second kappa shape index (κ2) is 8.71. The molecule has 5 N–H and O–H groups in total. The second-order valence-corrected chi connectivity index (χ2v) is 8.54. The number of rotatable bonds is 5. The van der Waals surface area contributed by atoms with E-state index in [0.717, 1.165) is 5.57 Å². The van der Waals surface area contributed by atoms with Gasteiger partial charge in [0.2, 0.25) is 0 Å². The largest absolute Gasteiger partial charge is 0.394 e. The molecule has 0 radical (unpaired) electrons. The Bertz CT molecular complexity index is 626. The van der Waals surface area contributed by atoms with Gasteiger partial charge in [-0.1, -0.05) is 26.0 Å². The number of ether oxygens (including phenoxy) is 2. The van der Waals surface area contributed by atoms with Crippen molar-refractivity contribution in [3.05, 3.63) is 23.8 Å². The average molecular weight is 400 g/mol. The van der Waals surface area contributed by atoms with E-state index >= 15 is 0 Å². The highest BCUT2D eigenvalue weighted by Crippen LogP contribution is 2.48. The minimum Gasteiger partial charge on any atom is -0.394 e. The van der Waals surface area contributed by atoms with Crippen LogP contribution in [0.2, 0.25) is 0 Å². The Labute approximate surface area is 165 Å². The van der Waals surface area contributed by atoms with Gasteiger partial charge in [0.1, 0.15) is 24.4 Å². The molecule has 0 aromatic heterocycles. The number of allylic oxidation sites excluding steroid dienone is 3. The normalized spacial score (nSPS) is 42.8. The van der Waals surface area contributed by atoms with Crippen LogP contribution in [0.1, 0.15) is 40.5 Å². The maximum absolute atomic E-state index is 11.2. The SMILES string of the molecule is CC(=O)/C=C/C=C1\C(C)(C)C[C@H](O)C[C@@]1(C)O[C@@H]1O[C@H](CO)[C@@H](O)[C@H](O)[C@H]1O. The zero-order valence-electron chi connectivity index (χ0n) is 16.8. The lowest BCUT2D eigenvalue weighted by Crippen LogP contribution is -2.61. The Morgan fingerprint density at radius 3 is 2.36 bits per heavy atom. The first kappa shape index (κ1) is 23.2. The highest BCUT2D eigenvalue weighted by Gasteiger charge is 2.51. The van der Waals surface area contributed by atoms with Gasteiger partial charge in [-0.25, -0.2) is 0 Å². The summed E-state index contributed by atoms with van der Waals surface area (Å²) in [7, 11) is 0. The number of hydrogen-bond acceptors (Lipinski definition) is 8. The van der Waals surface area contributed by atoms with Gasteiger partial charge in [-0.3, -0.25) is 4.79 Å². The number of hydrogen-bond donors (Lipinski definition) is 5. The highest BCUT2D eigenvalue weighted by molar-refractivity contribution is 5.87. The van der Waals surface area contributed by atoms with Gasteiger partial charge < -0.3 is 35.0 Å². The van der Waals surface area contributed by atoms with Gasteiger partial charge >= 0.3 is 0 Å². The molecule has 2 fully saturated rings. The summed E-state index contributed by atoms with van der Waals surface area (Å²) in [4.78, 5) is 11.2. The molecule has 160 valence electrons. The van der Waals surface area contributed by atoms with Crippen molar-refractivity contribution in [2.24, 2.45) is 5.41 Å². The average Bonchev–Trinajstić information content (AvgIpc) is 2.57. The van der Waals surface area contributed by atoms with Gasteiger partial charge in [0.25, 0.3) is 0 Å². The number of aliphatic hydroxyl groups excluding tert-OH is 5. The molecular weight excluding hydrogens is 368 g/mol. The number of carbonyl (C=O) groups is 1. The highest BCUT2D eigenvalue weighted by atomic mass is 16.7. The fourth-order valence-electron chi connectivity index (χ4n) is 4.26. The van der Waals surface area contributed by atoms with E-state index in [1.54, 1.807) is 19.1 Å². The Morgan fingerprint density at radius 1 is 1.14 bits per heavy atom. The van der Waals surface area contributed by atoms with Crippen LogP contribution >= 0.6 is 0 Å². The Balaban J connectivity index is 2.36. The molecule has 2 aliphatic rings. The molecule has 0 aromatic rings. The molecule has 1 aliphatic carbocycles. The monoisotopic (exact) mass is 400 g/mol. The Morgan fingerprint density at radius 2 is 1.79 bits per heavy atom. The van der Waals surface area contributed by atoms with Crippen LogP contribution in [-0.4, -0.2) is 80.3 Å². The molecule has 1 saturated heterocycles. The van der Waals surface area contributed by atoms with Gasteiger partial charge in [-0.05, 0) is 37.3 Å². The standard InChI is InChI=1S/C20H32O8/c1-11(22)6-5-7-14-19(2,3)8-12(23)9-20(14,4)28-18-17(26)16(25)15(24)13(10-21)27-18/h5-7,12-13,15-18,21,23-26H,8-10H2,1-4H3/b6-5+,14-7+/t12-,13+,15+,16-,17+,18-,20+/m0/s1. The summed E-state index contributed by atoms with van der Waals surface area (Å²) in [6.45, 7) is 6.51. The summed E-state index contributed by atoms with van der Waals surface area (Å²) in [5.74, 6) is -0.109. The lowest BCUT2D eigenvalue weighted by atomic mass is 9.64. The molecule has 8 heteroatoms. The van der Waals surface area contributed by atoms with Crippen molar-refractivity contribution >= 4 is 5.78 Å². The van der Waals surface area contributed by atoms with Gasteiger partial charge in [0.05, 0.1) is 18.3 Å². The van der Waals surface area contributed by atoms with Crippen molar-refractivity contribution in [2.45, 2.75) is 82.9 Å². The Kier molecular flexibility index (Phi) is 7.20. The third-order valence-electron chi connectivity index (χ3n) is 5.49. The minimum absolute atomic E-state index is 0.109. The summed E-state index contributed by atoms with van der Waals surface area (Å²) in [6, 6.07) is 0. The summed E-state index contributed by atoms with van der Waals surface area (Å²) < 4.78 is 11.5. The van der Waals surface area contributed by atoms with Crippen LogP contribution in [0, 0.1) is 5.41 Å². The van der Waals surface area contributed by atoms with Crippen molar-refractivity contribution in [3.63, 3.8) is 0 Å². The molecule has 7 atom stereocenters. The van der Waals surface area contributed by atoms with Gasteiger partial charge in [0.15, 0.2) is 12.1 Å². The van der Waals surface area contributed by atoms with Crippen molar-refractivity contribution in [1.82, 2.24) is 0 Å². The molecule has 8 nitrogen and oxygen atoms in total. The van der Waals surface area contributed by atoms with E-state index in [2.05, 4.69) is 0 Å². The predicted molar refractivity (Wildman–Crippen MR) is 100 cm³/mol. The molecule has 1 heterocycles. The number of carbonyl (C=O) groups excluding carboxylic acids is 1. The van der Waals surface area contributed by atoms with E-state index in [1.807, 2.05) is 13.8 Å². The fourth-order valence-corrected chi connectivity index (χ4v) is 4.26. The smallest absolute Gasteiger partial charge is 0.187 e. The van der Waals surface area contributed by atoms with Crippen LogP contribution in [0.3, 0.4) is 0 Å². The topological polar surface area (TPSA) is 137 Å². The molecule has 1 saturated carbocycles. The van der Waals surface area contributed by atoms with Gasteiger partial charge in [-0.15, -0.1) is 0 Å². The van der Waals surface area contributed by atoms with Crippen LogP contribution in [0.15, 0.2) is 23.8 Å². The van der Waals surface area contributed by atoms with E-state index in [0.29, 0.717) is 6.42 Å². The van der Waals surface area contributed by atoms with E-state index in [1.165, 1.54) is 13.0 Å². The minimum atomic E-state index is -1.55. The first-order valence-corrected chi connectivity index (χ1v) is 9.47. The van der Waals surface area contributed by atoms with Crippen LogP contribution < -0.4 is 0 Å². The molecule has 0 spiro atoms. The molecule has 2 rings (SSSR count). The molecule has 0 unspecified atom stereocenters. The second-order valence-electron chi connectivity index (χ2n) is 8.54. The summed E-state index contributed by atoms with van der Waals surface area (Å²) >= 11 is 0. The first-order chi connectivity index (χ1) is 12.9. The molecule has 0 amide bonds. The van der Waals surface area contributed by atoms with Crippen molar-refractivity contribution in [2.75, 3.05) is 6.61 Å². The third-order valence-corrected chi connectivity index (χ3v) is 5.49. The molecular formula is C20H32O8. The third kappa shape index (κ3) is 4.88. The van der Waals surface area contributed by atoms with Crippen LogP contribution in [0.5, 0.6) is 0 Å². The summed E-state index contributed by atoms with van der Waals surface area (Å²) in [6.07, 6.45) is -2.14. The van der Waals surface area contributed by atoms with E-state index in [9.17, 15) is 30.3 Å². The van der Waals surface area contributed by atoms with E-state index in [4.69, 9.17) is 9.47 Å². The predicted octanol–water partition coefficient (Wildman–Crippen LogP) is -0.186. The van der Waals surface area contributed by atoms with Crippen LogP contribution in [0.25, 0.3) is 0 Å². The van der Waals surface area contributed by atoms with Crippen LogP contribution in [0.4, 0.5) is 0 Å². The molecule has 28 heavy (non-hydrogen) atoms. The maximum atomic E-state index is 11.2. The van der Waals surface area contributed by atoms with Crippen molar-refractivity contribution in [3.8, 4) is 0 Å². The zero-order chi connectivity index (χ0) is 21.3. The Hall–Kier alpha value is -1.13. The zero-order valence-corrected chi connectivity index (χ0v) is 16.8.